The summed E-state index contributed by atoms with van der Waals surface area (Å²) in [6, 6.07) is 13.3. The molecule has 1 N–H and O–H groups in total. The highest BCUT2D eigenvalue weighted by Crippen LogP contribution is 2.25. The van der Waals surface area contributed by atoms with E-state index in [4.69, 9.17) is 0 Å². The van der Waals surface area contributed by atoms with Gasteiger partial charge in [0.1, 0.15) is 0 Å². The predicted molar refractivity (Wildman–Crippen MR) is 99.8 cm³/mol. The first-order chi connectivity index (χ1) is 12.3. The molecule has 0 amide bonds. The highest BCUT2D eigenvalue weighted by atomic mass is 32.2. The Kier molecular flexibility index (Phi) is 5.24. The van der Waals surface area contributed by atoms with E-state index < -0.39 is 14.9 Å². The Hall–Kier alpha value is -2.45. The zero-order chi connectivity index (χ0) is 18.7. The number of aryl methyl sites for hydroxylation is 1. The first-order valence-electron chi connectivity index (χ1n) is 8.41. The summed E-state index contributed by atoms with van der Waals surface area (Å²) in [5, 5.41) is 10.8. The van der Waals surface area contributed by atoms with Gasteiger partial charge in [-0.1, -0.05) is 18.2 Å². The lowest BCUT2D eigenvalue weighted by atomic mass is 10.1. The van der Waals surface area contributed by atoms with Gasteiger partial charge in [0.2, 0.25) is 10.0 Å². The lowest BCUT2D eigenvalue weighted by molar-refractivity contribution is -0.385. The summed E-state index contributed by atoms with van der Waals surface area (Å²) in [5.74, 6) is 0.198. The number of nitro groups is 1. The topological polar surface area (TPSA) is 92.6 Å². The largest absolute Gasteiger partial charge is 0.371 e. The molecule has 1 fully saturated rings. The average molecular weight is 375 g/mol. The maximum Gasteiger partial charge on any atom is 0.270 e. The number of benzene rings is 2. The van der Waals surface area contributed by atoms with Gasteiger partial charge in [-0.15, -0.1) is 0 Å². The van der Waals surface area contributed by atoms with Crippen molar-refractivity contribution in [2.75, 3.05) is 24.5 Å². The van der Waals surface area contributed by atoms with Crippen molar-refractivity contribution < 1.29 is 13.3 Å². The zero-order valence-electron chi connectivity index (χ0n) is 14.5. The lowest BCUT2D eigenvalue weighted by Gasteiger charge is -2.19. The molecule has 1 saturated heterocycles. The molecule has 8 heteroatoms. The molecule has 2 aromatic rings. The van der Waals surface area contributed by atoms with Crippen molar-refractivity contribution in [2.45, 2.75) is 18.2 Å². The minimum absolute atomic E-state index is 0.0831. The van der Waals surface area contributed by atoms with Crippen LogP contribution in [0.3, 0.4) is 0 Å². The molecule has 1 unspecified atom stereocenters. The third kappa shape index (κ3) is 4.20. The number of rotatable bonds is 6. The summed E-state index contributed by atoms with van der Waals surface area (Å²) in [4.78, 5) is 12.4. The zero-order valence-corrected chi connectivity index (χ0v) is 15.3. The van der Waals surface area contributed by atoms with Crippen molar-refractivity contribution in [3.8, 4) is 0 Å². The number of hydrogen-bond donors (Lipinski definition) is 1. The molecule has 138 valence electrons. The van der Waals surface area contributed by atoms with E-state index in [0.717, 1.165) is 31.3 Å². The van der Waals surface area contributed by atoms with Crippen LogP contribution >= 0.6 is 0 Å². The van der Waals surface area contributed by atoms with Gasteiger partial charge < -0.3 is 4.90 Å². The van der Waals surface area contributed by atoms with Crippen LogP contribution in [0.5, 0.6) is 0 Å². The molecule has 2 aromatic carbocycles. The third-order valence-corrected chi connectivity index (χ3v) is 5.97. The molecule has 7 nitrogen and oxygen atoms in total. The van der Waals surface area contributed by atoms with Gasteiger partial charge in [-0.2, -0.15) is 0 Å². The molecule has 0 spiro atoms. The second-order valence-electron chi connectivity index (χ2n) is 6.55. The first-order valence-corrected chi connectivity index (χ1v) is 9.89. The standard InChI is InChI=1S/C18H21N3O4S/c1-14-4-2-5-16(10-14)20-9-8-15(13-20)12-19-26(24,25)18-7-3-6-17(11-18)21(22)23/h2-7,10-11,15,19H,8-9,12-13H2,1H3. The summed E-state index contributed by atoms with van der Waals surface area (Å²) in [7, 11) is -3.77. The van der Waals surface area contributed by atoms with E-state index >= 15 is 0 Å². The van der Waals surface area contributed by atoms with Crippen molar-refractivity contribution in [1.29, 1.82) is 0 Å². The summed E-state index contributed by atoms with van der Waals surface area (Å²) in [5.41, 5.74) is 2.10. The van der Waals surface area contributed by atoms with Crippen LogP contribution in [0.1, 0.15) is 12.0 Å². The number of nitrogens with zero attached hydrogens (tertiary/aromatic N) is 2. The minimum Gasteiger partial charge on any atom is -0.371 e. The molecule has 0 saturated carbocycles. The molecule has 0 radical (unpaired) electrons. The van der Waals surface area contributed by atoms with Gasteiger partial charge >= 0.3 is 0 Å². The summed E-state index contributed by atoms with van der Waals surface area (Å²) in [6.45, 7) is 4.02. The second-order valence-corrected chi connectivity index (χ2v) is 8.31. The Balaban J connectivity index is 1.62. The van der Waals surface area contributed by atoms with Crippen molar-refractivity contribution in [1.82, 2.24) is 4.72 Å². The third-order valence-electron chi connectivity index (χ3n) is 4.55. The minimum atomic E-state index is -3.77. The molecular formula is C18H21N3O4S. The van der Waals surface area contributed by atoms with Crippen LogP contribution in [-0.4, -0.2) is 33.0 Å². The van der Waals surface area contributed by atoms with Gasteiger partial charge in [0.05, 0.1) is 9.82 Å². The Morgan fingerprint density at radius 1 is 1.23 bits per heavy atom. The van der Waals surface area contributed by atoms with Crippen LogP contribution in [0.15, 0.2) is 53.4 Å². The van der Waals surface area contributed by atoms with Crippen LogP contribution in [0.4, 0.5) is 11.4 Å². The fourth-order valence-corrected chi connectivity index (χ4v) is 4.29. The van der Waals surface area contributed by atoms with E-state index in [1.165, 1.54) is 23.8 Å². The highest BCUT2D eigenvalue weighted by Gasteiger charge is 2.25. The van der Waals surface area contributed by atoms with Gasteiger partial charge in [0.15, 0.2) is 0 Å². The van der Waals surface area contributed by atoms with Crippen molar-refractivity contribution in [2.24, 2.45) is 5.92 Å². The molecule has 0 aliphatic carbocycles. The van der Waals surface area contributed by atoms with Crippen LogP contribution in [-0.2, 0) is 10.0 Å². The van der Waals surface area contributed by atoms with Crippen LogP contribution < -0.4 is 9.62 Å². The smallest absolute Gasteiger partial charge is 0.270 e. The Bertz CT molecular complexity index is 914. The van der Waals surface area contributed by atoms with Crippen molar-refractivity contribution in [3.63, 3.8) is 0 Å². The molecular weight excluding hydrogens is 354 g/mol. The summed E-state index contributed by atoms with van der Waals surface area (Å²) in [6.07, 6.45) is 0.894. The van der Waals surface area contributed by atoms with Crippen molar-refractivity contribution in [3.05, 3.63) is 64.2 Å². The lowest BCUT2D eigenvalue weighted by Crippen LogP contribution is -2.31. The van der Waals surface area contributed by atoms with E-state index in [-0.39, 0.29) is 16.5 Å². The van der Waals surface area contributed by atoms with Crippen LogP contribution in [0, 0.1) is 23.0 Å². The van der Waals surface area contributed by atoms with Crippen molar-refractivity contribution >= 4 is 21.4 Å². The highest BCUT2D eigenvalue weighted by molar-refractivity contribution is 7.89. The summed E-state index contributed by atoms with van der Waals surface area (Å²) < 4.78 is 27.4. The van der Waals surface area contributed by atoms with E-state index in [9.17, 15) is 18.5 Å². The maximum atomic E-state index is 12.4. The average Bonchev–Trinajstić information content (AvgIpc) is 3.09. The monoisotopic (exact) mass is 375 g/mol. The van der Waals surface area contributed by atoms with E-state index in [0.29, 0.717) is 6.54 Å². The normalized spacial score (nSPS) is 17.4. The summed E-state index contributed by atoms with van der Waals surface area (Å²) >= 11 is 0. The molecule has 0 aromatic heterocycles. The van der Waals surface area contributed by atoms with Gasteiger partial charge in [0, 0.05) is 37.5 Å². The molecule has 1 aliphatic heterocycles. The molecule has 1 heterocycles. The fraction of sp³-hybridized carbons (Fsp3) is 0.333. The van der Waals surface area contributed by atoms with Gasteiger partial charge in [0.25, 0.3) is 5.69 Å². The van der Waals surface area contributed by atoms with E-state index in [2.05, 4.69) is 21.8 Å². The molecule has 1 aliphatic rings. The number of anilines is 1. The number of nitrogens with one attached hydrogen (secondary N) is 1. The number of sulfonamides is 1. The van der Waals surface area contributed by atoms with Gasteiger partial charge in [-0.05, 0) is 43.0 Å². The number of nitro benzene ring substituents is 1. The Morgan fingerprint density at radius 3 is 2.73 bits per heavy atom. The number of hydrogen-bond acceptors (Lipinski definition) is 5. The second kappa shape index (κ2) is 7.43. The van der Waals surface area contributed by atoms with Gasteiger partial charge in [-0.25, -0.2) is 13.1 Å². The molecule has 0 bridgehead atoms. The first kappa shape index (κ1) is 18.3. The number of non-ortho nitro benzene ring substituents is 1. The Morgan fingerprint density at radius 2 is 2.00 bits per heavy atom. The molecule has 3 rings (SSSR count). The van der Waals surface area contributed by atoms with Crippen LogP contribution in [0.2, 0.25) is 0 Å². The van der Waals surface area contributed by atoms with Gasteiger partial charge in [-0.3, -0.25) is 10.1 Å². The molecule has 1 atom stereocenters. The molecule has 26 heavy (non-hydrogen) atoms. The van der Waals surface area contributed by atoms with E-state index in [1.54, 1.807) is 0 Å². The predicted octanol–water partition coefficient (Wildman–Crippen LogP) is 2.71. The Labute approximate surface area is 152 Å². The van der Waals surface area contributed by atoms with E-state index in [1.807, 2.05) is 19.1 Å². The quantitative estimate of drug-likeness (QED) is 0.619. The fourth-order valence-electron chi connectivity index (χ4n) is 3.13. The van der Waals surface area contributed by atoms with Crippen LogP contribution in [0.25, 0.3) is 0 Å². The SMILES string of the molecule is Cc1cccc(N2CCC(CNS(=O)(=O)c3cccc([N+](=O)[O-])c3)C2)c1. The maximum absolute atomic E-state index is 12.4.